The minimum absolute atomic E-state index is 0.0103. The van der Waals surface area contributed by atoms with Crippen LogP contribution in [-0.4, -0.2) is 55.0 Å². The van der Waals surface area contributed by atoms with Gasteiger partial charge in [-0.2, -0.15) is 0 Å². The molecule has 20 heavy (non-hydrogen) atoms. The third-order valence-electron chi connectivity index (χ3n) is 3.38. The van der Waals surface area contributed by atoms with Gasteiger partial charge in [-0.3, -0.25) is 9.59 Å². The summed E-state index contributed by atoms with van der Waals surface area (Å²) in [6.07, 6.45) is 2.13. The molecule has 1 aliphatic heterocycles. The molecule has 0 bridgehead atoms. The number of anilines is 1. The number of amides is 1. The molecule has 1 saturated heterocycles. The summed E-state index contributed by atoms with van der Waals surface area (Å²) in [6.45, 7) is 2.86. The maximum atomic E-state index is 11.9. The van der Waals surface area contributed by atoms with E-state index < -0.39 is 0 Å². The lowest BCUT2D eigenvalue weighted by Gasteiger charge is -2.35. The molecule has 0 spiro atoms. The molecule has 0 atom stereocenters. The summed E-state index contributed by atoms with van der Waals surface area (Å²) in [5.41, 5.74) is 0. The number of piperazine rings is 1. The minimum Gasteiger partial charge on any atom is -0.469 e. The maximum Gasteiger partial charge on any atom is 0.306 e. The molecule has 0 aromatic carbocycles. The highest BCUT2D eigenvalue weighted by Gasteiger charge is 2.22. The van der Waals surface area contributed by atoms with Crippen LogP contribution in [0.2, 0.25) is 0 Å². The van der Waals surface area contributed by atoms with Crippen molar-refractivity contribution in [2.75, 3.05) is 38.2 Å². The van der Waals surface area contributed by atoms with E-state index in [-0.39, 0.29) is 24.7 Å². The predicted molar refractivity (Wildman–Crippen MR) is 74.3 cm³/mol. The highest BCUT2D eigenvalue weighted by molar-refractivity contribution is 5.81. The van der Waals surface area contributed by atoms with Gasteiger partial charge in [-0.15, -0.1) is 0 Å². The quantitative estimate of drug-likeness (QED) is 0.757. The average molecular weight is 277 g/mol. The molecule has 1 aromatic rings. The zero-order chi connectivity index (χ0) is 14.4. The maximum absolute atomic E-state index is 11.9. The molecule has 0 N–H and O–H groups in total. The van der Waals surface area contributed by atoms with Crippen LogP contribution >= 0.6 is 0 Å². The van der Waals surface area contributed by atoms with Crippen molar-refractivity contribution in [1.29, 1.82) is 0 Å². The van der Waals surface area contributed by atoms with Crippen LogP contribution in [0.1, 0.15) is 12.8 Å². The first-order chi connectivity index (χ1) is 9.70. The van der Waals surface area contributed by atoms with Gasteiger partial charge in [-0.25, -0.2) is 4.98 Å². The number of esters is 1. The van der Waals surface area contributed by atoms with Crippen LogP contribution in [0.25, 0.3) is 0 Å². The first kappa shape index (κ1) is 14.3. The normalized spacial score (nSPS) is 15.1. The summed E-state index contributed by atoms with van der Waals surface area (Å²) < 4.78 is 4.54. The summed E-state index contributed by atoms with van der Waals surface area (Å²) in [7, 11) is 1.33. The zero-order valence-corrected chi connectivity index (χ0v) is 11.6. The number of hydrogen-bond acceptors (Lipinski definition) is 5. The molecule has 0 saturated carbocycles. The van der Waals surface area contributed by atoms with Crippen molar-refractivity contribution < 1.29 is 14.3 Å². The second-order valence-corrected chi connectivity index (χ2v) is 4.63. The number of nitrogens with zero attached hydrogens (tertiary/aromatic N) is 3. The third kappa shape index (κ3) is 3.69. The lowest BCUT2D eigenvalue weighted by Crippen LogP contribution is -2.49. The molecule has 0 radical (unpaired) electrons. The van der Waals surface area contributed by atoms with Gasteiger partial charge < -0.3 is 14.5 Å². The van der Waals surface area contributed by atoms with Gasteiger partial charge >= 0.3 is 5.97 Å². The van der Waals surface area contributed by atoms with Gasteiger partial charge in [-0.05, 0) is 12.1 Å². The Morgan fingerprint density at radius 2 is 1.95 bits per heavy atom. The van der Waals surface area contributed by atoms with Crippen LogP contribution in [-0.2, 0) is 14.3 Å². The van der Waals surface area contributed by atoms with E-state index in [1.165, 1.54) is 7.11 Å². The lowest BCUT2D eigenvalue weighted by molar-refractivity contribution is -0.143. The standard InChI is InChI=1S/C14H19N3O3/c1-20-14(19)6-5-13(18)17-10-8-16(9-11-17)12-4-2-3-7-15-12/h2-4,7H,5-6,8-11H2,1H3. The second kappa shape index (κ2) is 6.88. The summed E-state index contributed by atoms with van der Waals surface area (Å²) in [6, 6.07) is 5.81. The topological polar surface area (TPSA) is 62.7 Å². The Morgan fingerprint density at radius 1 is 1.20 bits per heavy atom. The molecule has 2 rings (SSSR count). The number of methoxy groups -OCH3 is 1. The van der Waals surface area contributed by atoms with E-state index in [1.807, 2.05) is 18.2 Å². The van der Waals surface area contributed by atoms with Crippen molar-refractivity contribution in [3.63, 3.8) is 0 Å². The van der Waals surface area contributed by atoms with Gasteiger partial charge in [0.2, 0.25) is 5.91 Å². The van der Waals surface area contributed by atoms with Crippen molar-refractivity contribution in [2.24, 2.45) is 0 Å². The number of aromatic nitrogens is 1. The van der Waals surface area contributed by atoms with E-state index >= 15 is 0 Å². The lowest BCUT2D eigenvalue weighted by atomic mass is 10.2. The number of ether oxygens (including phenoxy) is 1. The van der Waals surface area contributed by atoms with Crippen molar-refractivity contribution >= 4 is 17.7 Å². The molecule has 0 aliphatic carbocycles. The van der Waals surface area contributed by atoms with Crippen LogP contribution < -0.4 is 4.90 Å². The Bertz CT molecular complexity index is 456. The van der Waals surface area contributed by atoms with Crippen molar-refractivity contribution in [1.82, 2.24) is 9.88 Å². The van der Waals surface area contributed by atoms with E-state index in [9.17, 15) is 9.59 Å². The molecule has 0 unspecified atom stereocenters. The average Bonchev–Trinajstić information content (AvgIpc) is 2.53. The minimum atomic E-state index is -0.342. The Morgan fingerprint density at radius 3 is 2.55 bits per heavy atom. The van der Waals surface area contributed by atoms with Gasteiger partial charge in [-0.1, -0.05) is 6.07 Å². The van der Waals surface area contributed by atoms with Crippen LogP contribution in [0, 0.1) is 0 Å². The molecular formula is C14H19N3O3. The van der Waals surface area contributed by atoms with Crippen LogP contribution in [0.15, 0.2) is 24.4 Å². The molecule has 1 fully saturated rings. The summed E-state index contributed by atoms with van der Waals surface area (Å²) in [5, 5.41) is 0. The Hall–Kier alpha value is -2.11. The van der Waals surface area contributed by atoms with Crippen molar-refractivity contribution in [2.45, 2.75) is 12.8 Å². The fraction of sp³-hybridized carbons (Fsp3) is 0.500. The number of hydrogen-bond donors (Lipinski definition) is 0. The monoisotopic (exact) mass is 277 g/mol. The molecule has 6 nitrogen and oxygen atoms in total. The first-order valence-corrected chi connectivity index (χ1v) is 6.71. The van der Waals surface area contributed by atoms with Gasteiger partial charge in [0, 0.05) is 38.8 Å². The van der Waals surface area contributed by atoms with E-state index in [2.05, 4.69) is 14.6 Å². The van der Waals surface area contributed by atoms with Crippen LogP contribution in [0.3, 0.4) is 0 Å². The molecule has 1 aromatic heterocycles. The van der Waals surface area contributed by atoms with E-state index in [1.54, 1.807) is 11.1 Å². The molecule has 1 amide bonds. The highest BCUT2D eigenvalue weighted by atomic mass is 16.5. The summed E-state index contributed by atoms with van der Waals surface area (Å²) in [4.78, 5) is 31.2. The molecule has 108 valence electrons. The number of carbonyl (C=O) groups excluding carboxylic acids is 2. The Labute approximate surface area is 118 Å². The van der Waals surface area contributed by atoms with Crippen LogP contribution in [0.4, 0.5) is 5.82 Å². The molecule has 6 heteroatoms. The number of carbonyl (C=O) groups is 2. The fourth-order valence-corrected chi connectivity index (χ4v) is 2.19. The second-order valence-electron chi connectivity index (χ2n) is 4.63. The van der Waals surface area contributed by atoms with Gasteiger partial charge in [0.25, 0.3) is 0 Å². The zero-order valence-electron chi connectivity index (χ0n) is 11.6. The van der Waals surface area contributed by atoms with E-state index in [0.29, 0.717) is 13.1 Å². The van der Waals surface area contributed by atoms with Gasteiger partial charge in [0.15, 0.2) is 0 Å². The molecule has 1 aliphatic rings. The highest BCUT2D eigenvalue weighted by Crippen LogP contribution is 2.13. The van der Waals surface area contributed by atoms with E-state index in [0.717, 1.165) is 18.9 Å². The fourth-order valence-electron chi connectivity index (χ4n) is 2.19. The largest absolute Gasteiger partial charge is 0.469 e. The Balaban J connectivity index is 1.79. The molecular weight excluding hydrogens is 258 g/mol. The molecule has 2 heterocycles. The van der Waals surface area contributed by atoms with Crippen LogP contribution in [0.5, 0.6) is 0 Å². The number of rotatable bonds is 4. The third-order valence-corrected chi connectivity index (χ3v) is 3.38. The summed E-state index contributed by atoms with van der Waals surface area (Å²) >= 11 is 0. The summed E-state index contributed by atoms with van der Waals surface area (Å²) in [5.74, 6) is 0.607. The van der Waals surface area contributed by atoms with E-state index in [4.69, 9.17) is 0 Å². The van der Waals surface area contributed by atoms with Gasteiger partial charge in [0.05, 0.1) is 13.5 Å². The Kier molecular flexibility index (Phi) is 4.92. The SMILES string of the molecule is COC(=O)CCC(=O)N1CCN(c2ccccn2)CC1. The van der Waals surface area contributed by atoms with Crippen molar-refractivity contribution in [3.05, 3.63) is 24.4 Å². The number of pyridine rings is 1. The first-order valence-electron chi connectivity index (χ1n) is 6.71. The van der Waals surface area contributed by atoms with Crippen molar-refractivity contribution in [3.8, 4) is 0 Å². The predicted octanol–water partition coefficient (Wildman–Crippen LogP) is 0.683. The van der Waals surface area contributed by atoms with Gasteiger partial charge in [0.1, 0.15) is 5.82 Å². The smallest absolute Gasteiger partial charge is 0.306 e.